The van der Waals surface area contributed by atoms with Crippen LogP contribution in [0.4, 0.5) is 4.39 Å². The van der Waals surface area contributed by atoms with Gasteiger partial charge in [0.15, 0.2) is 0 Å². The summed E-state index contributed by atoms with van der Waals surface area (Å²) in [5.41, 5.74) is 3.80. The molecule has 1 aromatic heterocycles. The molecular formula is C25H26ClFN4O2. The summed E-state index contributed by atoms with van der Waals surface area (Å²) >= 11 is 6.29. The Morgan fingerprint density at radius 3 is 2.27 bits per heavy atom. The lowest BCUT2D eigenvalue weighted by atomic mass is 10.1. The van der Waals surface area contributed by atoms with Gasteiger partial charge in [-0.05, 0) is 43.2 Å². The quantitative estimate of drug-likeness (QED) is 0.571. The number of benzene rings is 2. The molecule has 2 aromatic carbocycles. The number of carbonyl (C=O) groups is 2. The topological polar surface area (TPSA) is 58.4 Å². The average Bonchev–Trinajstić information content (AvgIpc) is 3.09. The van der Waals surface area contributed by atoms with Gasteiger partial charge < -0.3 is 9.80 Å². The average molecular weight is 469 g/mol. The summed E-state index contributed by atoms with van der Waals surface area (Å²) in [5, 5.41) is 5.24. The maximum Gasteiger partial charge on any atom is 0.257 e. The van der Waals surface area contributed by atoms with Crippen LogP contribution < -0.4 is 0 Å². The zero-order valence-electron chi connectivity index (χ0n) is 18.7. The number of rotatable bonds is 5. The van der Waals surface area contributed by atoms with Crippen molar-refractivity contribution in [3.63, 3.8) is 0 Å². The maximum atomic E-state index is 13.3. The number of piperazine rings is 1. The van der Waals surface area contributed by atoms with Crippen molar-refractivity contribution in [2.24, 2.45) is 0 Å². The van der Waals surface area contributed by atoms with Gasteiger partial charge in [0.25, 0.3) is 5.91 Å². The molecular weight excluding hydrogens is 443 g/mol. The smallest absolute Gasteiger partial charge is 0.257 e. The molecule has 172 valence electrons. The Morgan fingerprint density at radius 2 is 1.61 bits per heavy atom. The molecule has 1 aliphatic heterocycles. The first kappa shape index (κ1) is 23.0. The van der Waals surface area contributed by atoms with E-state index in [4.69, 9.17) is 11.6 Å². The minimum absolute atomic E-state index is 0.0198. The highest BCUT2D eigenvalue weighted by Crippen LogP contribution is 2.21. The third-order valence-electron chi connectivity index (χ3n) is 6.06. The predicted octanol–water partition coefficient (Wildman–Crippen LogP) is 3.87. The second kappa shape index (κ2) is 9.75. The summed E-state index contributed by atoms with van der Waals surface area (Å²) in [6, 6.07) is 13.6. The third-order valence-corrected chi connectivity index (χ3v) is 6.43. The highest BCUT2D eigenvalue weighted by atomic mass is 35.5. The van der Waals surface area contributed by atoms with Gasteiger partial charge in [0.1, 0.15) is 5.82 Å². The molecule has 0 aliphatic carbocycles. The molecule has 0 bridgehead atoms. The SMILES string of the molecule is Cc1nn(Cc2ccccc2Cl)c(C)c1C(=O)N1CCN(C(=O)Cc2ccc(F)cc2)CC1. The number of hydrogen-bond acceptors (Lipinski definition) is 3. The first-order valence-corrected chi connectivity index (χ1v) is 11.3. The van der Waals surface area contributed by atoms with Gasteiger partial charge in [-0.15, -0.1) is 0 Å². The largest absolute Gasteiger partial charge is 0.339 e. The van der Waals surface area contributed by atoms with Gasteiger partial charge in [0.05, 0.1) is 24.2 Å². The van der Waals surface area contributed by atoms with E-state index in [1.54, 1.807) is 21.9 Å². The number of aromatic nitrogens is 2. The van der Waals surface area contributed by atoms with E-state index in [0.29, 0.717) is 49.0 Å². The molecule has 0 atom stereocenters. The van der Waals surface area contributed by atoms with Crippen molar-refractivity contribution >= 4 is 23.4 Å². The van der Waals surface area contributed by atoms with E-state index in [9.17, 15) is 14.0 Å². The Bertz CT molecular complexity index is 1170. The van der Waals surface area contributed by atoms with E-state index in [-0.39, 0.29) is 24.1 Å². The van der Waals surface area contributed by atoms with E-state index in [2.05, 4.69) is 5.10 Å². The van der Waals surface area contributed by atoms with Crippen LogP contribution in [0.3, 0.4) is 0 Å². The molecule has 6 nitrogen and oxygen atoms in total. The Labute approximate surface area is 197 Å². The van der Waals surface area contributed by atoms with E-state index in [1.807, 2.05) is 42.8 Å². The van der Waals surface area contributed by atoms with E-state index >= 15 is 0 Å². The Morgan fingerprint density at radius 1 is 0.970 bits per heavy atom. The molecule has 1 fully saturated rings. The van der Waals surface area contributed by atoms with Gasteiger partial charge in [-0.1, -0.05) is 41.9 Å². The van der Waals surface area contributed by atoms with Crippen molar-refractivity contribution in [1.29, 1.82) is 0 Å². The van der Waals surface area contributed by atoms with Crippen molar-refractivity contribution < 1.29 is 14.0 Å². The predicted molar refractivity (Wildman–Crippen MR) is 125 cm³/mol. The van der Waals surface area contributed by atoms with Crippen LogP contribution in [-0.4, -0.2) is 57.6 Å². The molecule has 0 unspecified atom stereocenters. The second-order valence-corrected chi connectivity index (χ2v) is 8.68. The van der Waals surface area contributed by atoms with Crippen LogP contribution in [0.25, 0.3) is 0 Å². The fraction of sp³-hybridized carbons (Fsp3) is 0.320. The van der Waals surface area contributed by atoms with Crippen molar-refractivity contribution in [3.05, 3.63) is 87.4 Å². The van der Waals surface area contributed by atoms with Crippen LogP contribution in [0.15, 0.2) is 48.5 Å². The van der Waals surface area contributed by atoms with Gasteiger partial charge in [-0.2, -0.15) is 5.10 Å². The van der Waals surface area contributed by atoms with E-state index in [0.717, 1.165) is 16.8 Å². The Balaban J connectivity index is 1.39. The summed E-state index contributed by atoms with van der Waals surface area (Å²) in [6.07, 6.45) is 0.223. The molecule has 2 amide bonds. The fourth-order valence-corrected chi connectivity index (χ4v) is 4.35. The lowest BCUT2D eigenvalue weighted by molar-refractivity contribution is -0.131. The lowest BCUT2D eigenvalue weighted by Crippen LogP contribution is -2.51. The molecule has 1 aliphatic rings. The summed E-state index contributed by atoms with van der Waals surface area (Å²) < 4.78 is 14.9. The lowest BCUT2D eigenvalue weighted by Gasteiger charge is -2.35. The third kappa shape index (κ3) is 5.09. The Hall–Kier alpha value is -3.19. The molecule has 0 saturated carbocycles. The zero-order chi connectivity index (χ0) is 23.5. The van der Waals surface area contributed by atoms with Gasteiger partial charge in [-0.3, -0.25) is 14.3 Å². The minimum Gasteiger partial charge on any atom is -0.339 e. The van der Waals surface area contributed by atoms with E-state index in [1.165, 1.54) is 12.1 Å². The first-order valence-electron chi connectivity index (χ1n) is 10.9. The number of carbonyl (C=O) groups excluding carboxylic acids is 2. The zero-order valence-corrected chi connectivity index (χ0v) is 19.5. The van der Waals surface area contributed by atoms with E-state index < -0.39 is 0 Å². The fourth-order valence-electron chi connectivity index (χ4n) is 4.15. The number of hydrogen-bond donors (Lipinski definition) is 0. The normalized spacial score (nSPS) is 13.9. The highest BCUT2D eigenvalue weighted by molar-refractivity contribution is 6.31. The standard InChI is InChI=1S/C25H26ClFN4O2/c1-17-24(18(2)31(28-17)16-20-5-3-4-6-22(20)26)25(33)30-13-11-29(12-14-30)23(32)15-19-7-9-21(27)10-8-19/h3-10H,11-16H2,1-2H3. The van der Waals surface area contributed by atoms with Crippen molar-refractivity contribution in [3.8, 4) is 0 Å². The maximum absolute atomic E-state index is 13.3. The van der Waals surface area contributed by atoms with Gasteiger partial charge in [0.2, 0.25) is 5.91 Å². The molecule has 0 radical (unpaired) electrons. The van der Waals surface area contributed by atoms with Crippen LogP contribution in [0, 0.1) is 19.7 Å². The van der Waals surface area contributed by atoms with Crippen LogP contribution in [-0.2, 0) is 17.8 Å². The van der Waals surface area contributed by atoms with Gasteiger partial charge in [0, 0.05) is 36.9 Å². The van der Waals surface area contributed by atoms with Gasteiger partial charge in [-0.25, -0.2) is 4.39 Å². The monoisotopic (exact) mass is 468 g/mol. The first-order chi connectivity index (χ1) is 15.8. The van der Waals surface area contributed by atoms with Crippen molar-refractivity contribution in [1.82, 2.24) is 19.6 Å². The summed E-state index contributed by atoms with van der Waals surface area (Å²) in [5.74, 6) is -0.409. The molecule has 0 N–H and O–H groups in total. The summed E-state index contributed by atoms with van der Waals surface area (Å²) in [4.78, 5) is 29.4. The molecule has 8 heteroatoms. The molecule has 4 rings (SSSR count). The van der Waals surface area contributed by atoms with Crippen LogP contribution in [0.2, 0.25) is 5.02 Å². The summed E-state index contributed by atoms with van der Waals surface area (Å²) in [6.45, 7) is 6.09. The summed E-state index contributed by atoms with van der Waals surface area (Å²) in [7, 11) is 0. The number of amides is 2. The molecule has 2 heterocycles. The van der Waals surface area contributed by atoms with Crippen LogP contribution in [0.1, 0.15) is 32.9 Å². The molecule has 0 spiro atoms. The molecule has 1 saturated heterocycles. The number of halogens is 2. The van der Waals surface area contributed by atoms with Crippen LogP contribution in [0.5, 0.6) is 0 Å². The second-order valence-electron chi connectivity index (χ2n) is 8.27. The van der Waals surface area contributed by atoms with Crippen molar-refractivity contribution in [2.75, 3.05) is 26.2 Å². The van der Waals surface area contributed by atoms with Gasteiger partial charge >= 0.3 is 0 Å². The minimum atomic E-state index is -0.320. The molecule has 33 heavy (non-hydrogen) atoms. The number of nitrogens with zero attached hydrogens (tertiary/aromatic N) is 4. The van der Waals surface area contributed by atoms with Crippen molar-refractivity contribution in [2.45, 2.75) is 26.8 Å². The number of aryl methyl sites for hydroxylation is 1. The highest BCUT2D eigenvalue weighted by Gasteiger charge is 2.28. The Kier molecular flexibility index (Phi) is 6.79. The van der Waals surface area contributed by atoms with Crippen LogP contribution >= 0.6 is 11.6 Å². The molecule has 3 aromatic rings.